The van der Waals surface area contributed by atoms with Crippen molar-refractivity contribution >= 4 is 0 Å². The molecule has 0 saturated carbocycles. The standard InChI is InChI=1S/C17H21NO3/c1-18-8-7-17-6-5-12(19)9-14(17)21-16-13(20-2)4-3-11(10-18)15(16)17/h3-6,12,14,19H,7-10H2,1-2H3/t12-,14-,17-/m0/s1/i3T. The van der Waals surface area contributed by atoms with E-state index in [0.29, 0.717) is 18.2 Å². The van der Waals surface area contributed by atoms with Gasteiger partial charge in [0.2, 0.25) is 0 Å². The highest BCUT2D eigenvalue weighted by Crippen LogP contribution is 2.55. The summed E-state index contributed by atoms with van der Waals surface area (Å²) in [5, 5.41) is 9.99. The maximum Gasteiger partial charge on any atom is 0.166 e. The van der Waals surface area contributed by atoms with E-state index in [9.17, 15) is 5.11 Å². The lowest BCUT2D eigenvalue weighted by Gasteiger charge is -2.35. The van der Waals surface area contributed by atoms with Gasteiger partial charge in [-0.1, -0.05) is 18.2 Å². The predicted molar refractivity (Wildman–Crippen MR) is 79.8 cm³/mol. The molecule has 0 amide bonds. The van der Waals surface area contributed by atoms with Crippen LogP contribution in [0.25, 0.3) is 0 Å². The van der Waals surface area contributed by atoms with Gasteiger partial charge in [0.05, 0.1) is 20.0 Å². The summed E-state index contributed by atoms with van der Waals surface area (Å²) < 4.78 is 20.1. The topological polar surface area (TPSA) is 41.9 Å². The summed E-state index contributed by atoms with van der Waals surface area (Å²) >= 11 is 0. The molecule has 0 fully saturated rings. The van der Waals surface area contributed by atoms with Crippen LogP contribution < -0.4 is 9.47 Å². The quantitative estimate of drug-likeness (QED) is 0.801. The summed E-state index contributed by atoms with van der Waals surface area (Å²) in [6.45, 7) is 1.69. The Labute approximate surface area is 126 Å². The normalized spacial score (nSPS) is 34.5. The van der Waals surface area contributed by atoms with E-state index in [1.54, 1.807) is 13.2 Å². The van der Waals surface area contributed by atoms with Gasteiger partial charge in [-0.05, 0) is 31.6 Å². The third kappa shape index (κ3) is 1.75. The Kier molecular flexibility index (Phi) is 2.58. The van der Waals surface area contributed by atoms with Gasteiger partial charge in [0.1, 0.15) is 6.10 Å². The number of aliphatic hydroxyl groups is 1. The van der Waals surface area contributed by atoms with Gasteiger partial charge < -0.3 is 19.5 Å². The minimum atomic E-state index is -0.462. The molecule has 1 aromatic carbocycles. The molecule has 2 aliphatic heterocycles. The first-order valence-electron chi connectivity index (χ1n) is 7.99. The maximum atomic E-state index is 9.99. The van der Waals surface area contributed by atoms with Crippen molar-refractivity contribution in [3.63, 3.8) is 0 Å². The summed E-state index contributed by atoms with van der Waals surface area (Å²) in [7, 11) is 3.70. The summed E-state index contributed by atoms with van der Waals surface area (Å²) in [6.07, 6.45) is 4.97. The second kappa shape index (κ2) is 4.49. The van der Waals surface area contributed by atoms with Crippen LogP contribution in [0, 0.1) is 0 Å². The van der Waals surface area contributed by atoms with Crippen molar-refractivity contribution < 1.29 is 16.0 Å². The van der Waals surface area contributed by atoms with E-state index >= 15 is 0 Å². The summed E-state index contributed by atoms with van der Waals surface area (Å²) in [5.74, 6) is 1.40. The van der Waals surface area contributed by atoms with Gasteiger partial charge in [-0.2, -0.15) is 0 Å². The lowest BCUT2D eigenvalue weighted by Crippen LogP contribution is -2.42. The van der Waals surface area contributed by atoms with E-state index in [1.807, 2.05) is 6.08 Å². The highest BCUT2D eigenvalue weighted by Gasteiger charge is 2.52. The largest absolute Gasteiger partial charge is 0.493 e. The summed E-state index contributed by atoms with van der Waals surface area (Å²) in [5.41, 5.74) is 1.90. The van der Waals surface area contributed by atoms with E-state index in [4.69, 9.17) is 10.8 Å². The van der Waals surface area contributed by atoms with Gasteiger partial charge in [-0.3, -0.25) is 0 Å². The van der Waals surface area contributed by atoms with Crippen molar-refractivity contribution in [2.24, 2.45) is 0 Å². The number of benzene rings is 1. The fourth-order valence-corrected chi connectivity index (χ4v) is 3.97. The van der Waals surface area contributed by atoms with Crippen LogP contribution in [-0.4, -0.2) is 42.9 Å². The zero-order chi connectivity index (χ0) is 15.5. The van der Waals surface area contributed by atoms with Gasteiger partial charge in [-0.25, -0.2) is 0 Å². The molecule has 0 unspecified atom stereocenters. The average molecular weight is 289 g/mol. The Hall–Kier alpha value is -1.52. The third-order valence-electron chi connectivity index (χ3n) is 5.06. The molecule has 0 radical (unpaired) electrons. The fraction of sp³-hybridized carbons (Fsp3) is 0.529. The van der Waals surface area contributed by atoms with Crippen molar-refractivity contribution in [2.45, 2.75) is 37.0 Å². The van der Waals surface area contributed by atoms with Crippen molar-refractivity contribution in [3.8, 4) is 11.5 Å². The molecule has 3 atom stereocenters. The van der Waals surface area contributed by atoms with Gasteiger partial charge in [0.15, 0.2) is 11.5 Å². The van der Waals surface area contributed by atoms with E-state index < -0.39 is 6.10 Å². The van der Waals surface area contributed by atoms with Gasteiger partial charge in [0, 0.05) is 18.5 Å². The zero-order valence-corrected chi connectivity index (χ0v) is 12.4. The molecule has 2 heterocycles. The van der Waals surface area contributed by atoms with Gasteiger partial charge in [0.25, 0.3) is 0 Å². The first-order valence-corrected chi connectivity index (χ1v) is 7.49. The molecular formula is C17H21NO3. The molecule has 0 aromatic heterocycles. The molecule has 0 bridgehead atoms. The summed E-state index contributed by atoms with van der Waals surface area (Å²) in [6, 6.07) is 2.26. The van der Waals surface area contributed by atoms with Crippen LogP contribution in [0.4, 0.5) is 0 Å². The molecule has 21 heavy (non-hydrogen) atoms. The van der Waals surface area contributed by atoms with Gasteiger partial charge in [-0.15, -0.1) is 0 Å². The maximum absolute atomic E-state index is 9.99. The Morgan fingerprint density at radius 2 is 2.43 bits per heavy atom. The first-order chi connectivity index (χ1) is 10.5. The summed E-state index contributed by atoms with van der Waals surface area (Å²) in [4.78, 5) is 2.25. The highest BCUT2D eigenvalue weighted by molar-refractivity contribution is 5.60. The number of nitrogens with zero attached hydrogens (tertiary/aromatic N) is 1. The van der Waals surface area contributed by atoms with E-state index in [0.717, 1.165) is 36.4 Å². The molecule has 1 N–H and O–H groups in total. The molecule has 3 aliphatic rings. The van der Waals surface area contributed by atoms with Crippen LogP contribution in [0.3, 0.4) is 0 Å². The third-order valence-corrected chi connectivity index (χ3v) is 5.06. The van der Waals surface area contributed by atoms with Crippen LogP contribution in [0.5, 0.6) is 11.5 Å². The number of hydrogen-bond donors (Lipinski definition) is 1. The second-order valence-corrected chi connectivity index (χ2v) is 6.34. The van der Waals surface area contributed by atoms with Crippen molar-refractivity contribution in [2.75, 3.05) is 20.7 Å². The molecule has 1 aliphatic carbocycles. The highest BCUT2D eigenvalue weighted by atomic mass is 16.5. The fourth-order valence-electron chi connectivity index (χ4n) is 3.97. The van der Waals surface area contributed by atoms with E-state index in [2.05, 4.69) is 18.0 Å². The lowest BCUT2D eigenvalue weighted by molar-refractivity contribution is 0.0821. The Morgan fingerprint density at radius 1 is 1.57 bits per heavy atom. The molecular weight excluding hydrogens is 266 g/mol. The lowest BCUT2D eigenvalue weighted by atomic mass is 9.69. The van der Waals surface area contributed by atoms with Crippen LogP contribution in [0.15, 0.2) is 24.3 Å². The van der Waals surface area contributed by atoms with Crippen LogP contribution in [0.1, 0.15) is 25.3 Å². The van der Waals surface area contributed by atoms with Crippen molar-refractivity contribution in [3.05, 3.63) is 35.4 Å². The SMILES string of the molecule is [3H]c1cc(OC)c2c3c1CN(C)CC[C@]31C=C[C@H](O)C[C@@H]1O2. The van der Waals surface area contributed by atoms with E-state index in [1.165, 1.54) is 0 Å². The molecule has 1 aromatic rings. The van der Waals surface area contributed by atoms with Crippen molar-refractivity contribution in [1.82, 2.24) is 4.90 Å². The molecule has 4 heteroatoms. The monoisotopic (exact) mass is 289 g/mol. The Bertz CT molecular complexity index is 660. The predicted octanol–water partition coefficient (Wildman–Crippen LogP) is 1.85. The molecule has 4 rings (SSSR count). The second-order valence-electron chi connectivity index (χ2n) is 6.34. The zero-order valence-electron chi connectivity index (χ0n) is 13.4. The molecule has 1 spiro atoms. The Morgan fingerprint density at radius 3 is 3.24 bits per heavy atom. The Balaban J connectivity index is 2.00. The van der Waals surface area contributed by atoms with Crippen LogP contribution >= 0.6 is 0 Å². The van der Waals surface area contributed by atoms with E-state index in [-0.39, 0.29) is 11.5 Å². The van der Waals surface area contributed by atoms with Gasteiger partial charge >= 0.3 is 0 Å². The smallest absolute Gasteiger partial charge is 0.166 e. The minimum absolute atomic E-state index is 0.0801. The van der Waals surface area contributed by atoms with Crippen LogP contribution in [0.2, 0.25) is 0 Å². The molecule has 0 saturated heterocycles. The number of methoxy groups -OCH3 is 1. The van der Waals surface area contributed by atoms with Crippen molar-refractivity contribution in [1.29, 1.82) is 0 Å². The number of rotatable bonds is 1. The number of hydrogen-bond acceptors (Lipinski definition) is 4. The number of ether oxygens (including phenoxy) is 2. The first kappa shape index (κ1) is 12.1. The molecule has 4 nitrogen and oxygen atoms in total. The minimum Gasteiger partial charge on any atom is -0.493 e. The average Bonchev–Trinajstić information content (AvgIpc) is 2.74. The molecule has 112 valence electrons. The van der Waals surface area contributed by atoms with Crippen LogP contribution in [-0.2, 0) is 12.0 Å². The number of aliphatic hydroxyl groups excluding tert-OH is 1.